The lowest BCUT2D eigenvalue weighted by atomic mass is 10.0. The maximum Gasteiger partial charge on any atom is 0.242 e. The zero-order chi connectivity index (χ0) is 19.9. The summed E-state index contributed by atoms with van der Waals surface area (Å²) >= 11 is 0. The van der Waals surface area contributed by atoms with Gasteiger partial charge in [0.25, 0.3) is 0 Å². The van der Waals surface area contributed by atoms with E-state index in [1.165, 1.54) is 9.87 Å². The van der Waals surface area contributed by atoms with Gasteiger partial charge in [-0.2, -0.15) is 0 Å². The minimum atomic E-state index is -3.51. The summed E-state index contributed by atoms with van der Waals surface area (Å²) in [5.74, 6) is -0.0621. The summed E-state index contributed by atoms with van der Waals surface area (Å²) < 4.78 is 26.2. The minimum absolute atomic E-state index is 0.0242. The van der Waals surface area contributed by atoms with Gasteiger partial charge in [-0.25, -0.2) is 12.7 Å². The van der Waals surface area contributed by atoms with Crippen molar-refractivity contribution in [3.8, 4) is 0 Å². The normalized spacial score (nSPS) is 12.7. The van der Waals surface area contributed by atoms with Crippen LogP contribution in [-0.4, -0.2) is 32.2 Å². The summed E-state index contributed by atoms with van der Waals surface area (Å²) in [5, 5.41) is 3.04. The van der Waals surface area contributed by atoms with Crippen molar-refractivity contribution in [1.29, 1.82) is 0 Å². The monoisotopic (exact) mass is 388 g/mol. The predicted molar refractivity (Wildman–Crippen MR) is 108 cm³/mol. The Labute approximate surface area is 162 Å². The molecule has 1 amide bonds. The first-order valence-electron chi connectivity index (χ1n) is 9.22. The highest BCUT2D eigenvalue weighted by atomic mass is 32.2. The van der Waals surface area contributed by atoms with Crippen LogP contribution in [0.5, 0.6) is 0 Å². The van der Waals surface area contributed by atoms with Gasteiger partial charge >= 0.3 is 0 Å². The van der Waals surface area contributed by atoms with Crippen LogP contribution in [0, 0.1) is 6.92 Å². The third-order valence-electron chi connectivity index (χ3n) is 4.55. The fraction of sp³-hybridized carbons (Fsp3) is 0.381. The van der Waals surface area contributed by atoms with Gasteiger partial charge in [0.1, 0.15) is 0 Å². The Balaban J connectivity index is 1.85. The first-order valence-corrected chi connectivity index (χ1v) is 10.7. The van der Waals surface area contributed by atoms with Crippen LogP contribution in [0.15, 0.2) is 59.5 Å². The molecule has 2 aromatic rings. The third-order valence-corrected chi connectivity index (χ3v) is 6.42. The van der Waals surface area contributed by atoms with E-state index in [2.05, 4.69) is 5.32 Å². The molecule has 5 nitrogen and oxygen atoms in total. The number of hydrogen-bond acceptors (Lipinski definition) is 3. The number of nitrogens with one attached hydrogen (secondary N) is 1. The van der Waals surface area contributed by atoms with Crippen LogP contribution in [0.3, 0.4) is 0 Å². The molecule has 2 rings (SSSR count). The van der Waals surface area contributed by atoms with Crippen molar-refractivity contribution in [1.82, 2.24) is 9.62 Å². The Morgan fingerprint density at radius 1 is 1.07 bits per heavy atom. The molecule has 0 aliphatic heterocycles. The molecule has 0 unspecified atom stereocenters. The molecule has 0 aliphatic rings. The van der Waals surface area contributed by atoms with Crippen molar-refractivity contribution in [2.24, 2.45) is 0 Å². The van der Waals surface area contributed by atoms with Gasteiger partial charge in [-0.3, -0.25) is 4.79 Å². The fourth-order valence-corrected chi connectivity index (χ4v) is 4.07. The van der Waals surface area contributed by atoms with Crippen molar-refractivity contribution >= 4 is 15.9 Å². The molecule has 27 heavy (non-hydrogen) atoms. The molecule has 2 aromatic carbocycles. The Morgan fingerprint density at radius 2 is 1.70 bits per heavy atom. The van der Waals surface area contributed by atoms with Crippen LogP contribution in [0.25, 0.3) is 0 Å². The van der Waals surface area contributed by atoms with Crippen molar-refractivity contribution in [3.05, 3.63) is 65.7 Å². The summed E-state index contributed by atoms with van der Waals surface area (Å²) in [6.07, 6.45) is 1.56. The zero-order valence-electron chi connectivity index (χ0n) is 16.2. The highest BCUT2D eigenvalue weighted by Crippen LogP contribution is 2.18. The molecule has 1 atom stereocenters. The second-order valence-corrected chi connectivity index (χ2v) is 8.73. The molecular formula is C21H28N2O3S. The average molecular weight is 389 g/mol. The van der Waals surface area contributed by atoms with Crippen LogP contribution < -0.4 is 5.32 Å². The lowest BCUT2D eigenvalue weighted by Gasteiger charge is -2.19. The minimum Gasteiger partial charge on any atom is -0.349 e. The molecular weight excluding hydrogens is 360 g/mol. The van der Waals surface area contributed by atoms with E-state index in [9.17, 15) is 13.2 Å². The van der Waals surface area contributed by atoms with E-state index in [1.54, 1.807) is 37.4 Å². The second kappa shape index (κ2) is 9.67. The molecule has 0 saturated heterocycles. The maximum atomic E-state index is 12.5. The smallest absolute Gasteiger partial charge is 0.242 e. The van der Waals surface area contributed by atoms with Gasteiger partial charge in [0.2, 0.25) is 15.9 Å². The first kappa shape index (κ1) is 21.1. The van der Waals surface area contributed by atoms with Crippen LogP contribution in [0.4, 0.5) is 0 Å². The van der Waals surface area contributed by atoms with Gasteiger partial charge < -0.3 is 5.32 Å². The molecule has 0 aliphatic carbocycles. The van der Waals surface area contributed by atoms with Crippen LogP contribution in [0.1, 0.15) is 43.4 Å². The standard InChI is InChI=1S/C21H28N2O3S/c1-4-20(18-14-12-17(2)13-15-18)22-21(24)11-8-16-23(3)27(25,26)19-9-6-5-7-10-19/h5-7,9-10,12-15,20H,4,8,11,16H2,1-3H3,(H,22,24)/t20-/m1/s1. The van der Waals surface area contributed by atoms with Gasteiger partial charge in [0, 0.05) is 20.0 Å². The highest BCUT2D eigenvalue weighted by Gasteiger charge is 2.20. The van der Waals surface area contributed by atoms with Crippen LogP contribution in [-0.2, 0) is 14.8 Å². The van der Waals surface area contributed by atoms with Crippen molar-refractivity contribution in [3.63, 3.8) is 0 Å². The zero-order valence-corrected chi connectivity index (χ0v) is 17.0. The molecule has 0 heterocycles. The van der Waals surface area contributed by atoms with Gasteiger partial charge in [0.15, 0.2) is 0 Å². The summed E-state index contributed by atoms with van der Waals surface area (Å²) in [6.45, 7) is 4.36. The number of carbonyl (C=O) groups excluding carboxylic acids is 1. The number of benzene rings is 2. The molecule has 1 N–H and O–H groups in total. The van der Waals surface area contributed by atoms with Crippen LogP contribution in [0.2, 0.25) is 0 Å². The van der Waals surface area contributed by atoms with Crippen molar-refractivity contribution in [2.45, 2.75) is 44.0 Å². The average Bonchev–Trinajstić information content (AvgIpc) is 2.67. The topological polar surface area (TPSA) is 66.5 Å². The number of rotatable bonds is 9. The maximum absolute atomic E-state index is 12.5. The first-order chi connectivity index (χ1) is 12.8. The van der Waals surface area contributed by atoms with E-state index in [1.807, 2.05) is 38.1 Å². The molecule has 0 radical (unpaired) electrons. The van der Waals surface area contributed by atoms with Crippen LogP contribution >= 0.6 is 0 Å². The van der Waals surface area contributed by atoms with Gasteiger partial charge in [-0.15, -0.1) is 0 Å². The summed E-state index contributed by atoms with van der Waals surface area (Å²) in [5.41, 5.74) is 2.27. The predicted octanol–water partition coefficient (Wildman–Crippen LogP) is 3.66. The lowest BCUT2D eigenvalue weighted by Crippen LogP contribution is -2.31. The third kappa shape index (κ3) is 5.91. The summed E-state index contributed by atoms with van der Waals surface area (Å²) in [4.78, 5) is 12.5. The summed E-state index contributed by atoms with van der Waals surface area (Å²) in [7, 11) is -1.97. The number of hydrogen-bond donors (Lipinski definition) is 1. The molecule has 6 heteroatoms. The Bertz CT molecular complexity index is 833. The number of nitrogens with zero attached hydrogens (tertiary/aromatic N) is 1. The van der Waals surface area contributed by atoms with Gasteiger partial charge in [-0.05, 0) is 37.5 Å². The highest BCUT2D eigenvalue weighted by molar-refractivity contribution is 7.89. The Kier molecular flexibility index (Phi) is 7.56. The van der Waals surface area contributed by atoms with E-state index >= 15 is 0 Å². The van der Waals surface area contributed by atoms with E-state index in [-0.39, 0.29) is 23.3 Å². The lowest BCUT2D eigenvalue weighted by molar-refractivity contribution is -0.122. The number of carbonyl (C=O) groups is 1. The van der Waals surface area contributed by atoms with E-state index < -0.39 is 10.0 Å². The largest absolute Gasteiger partial charge is 0.349 e. The second-order valence-electron chi connectivity index (χ2n) is 6.68. The fourth-order valence-electron chi connectivity index (χ4n) is 2.84. The molecule has 0 fully saturated rings. The van der Waals surface area contributed by atoms with Gasteiger partial charge in [0.05, 0.1) is 10.9 Å². The number of amides is 1. The molecule has 0 spiro atoms. The van der Waals surface area contributed by atoms with Gasteiger partial charge in [-0.1, -0.05) is 55.0 Å². The molecule has 146 valence electrons. The SMILES string of the molecule is CC[C@@H](NC(=O)CCCN(C)S(=O)(=O)c1ccccc1)c1ccc(C)cc1. The quantitative estimate of drug-likeness (QED) is 0.713. The molecule has 0 saturated carbocycles. The van der Waals surface area contributed by atoms with E-state index in [0.717, 1.165) is 12.0 Å². The number of aryl methyl sites for hydroxylation is 1. The number of sulfonamides is 1. The molecule has 0 aromatic heterocycles. The summed E-state index contributed by atoms with van der Waals surface area (Å²) in [6, 6.07) is 16.4. The van der Waals surface area contributed by atoms with Crippen molar-refractivity contribution < 1.29 is 13.2 Å². The Morgan fingerprint density at radius 3 is 2.30 bits per heavy atom. The van der Waals surface area contributed by atoms with E-state index in [4.69, 9.17) is 0 Å². The molecule has 0 bridgehead atoms. The van der Waals surface area contributed by atoms with E-state index in [0.29, 0.717) is 13.0 Å². The Hall–Kier alpha value is -2.18. The van der Waals surface area contributed by atoms with Crippen molar-refractivity contribution in [2.75, 3.05) is 13.6 Å².